The number of hydrogen-bond acceptors (Lipinski definition) is 1. The van der Waals surface area contributed by atoms with Crippen molar-refractivity contribution in [1.82, 2.24) is 0 Å². The van der Waals surface area contributed by atoms with Crippen LogP contribution in [0.5, 0.6) is 5.75 Å². The molecule has 1 aromatic carbocycles. The molecule has 0 saturated heterocycles. The molecule has 0 atom stereocenters. The third-order valence-corrected chi connectivity index (χ3v) is 3.36. The van der Waals surface area contributed by atoms with Crippen LogP contribution in [0.15, 0.2) is 37.7 Å². The standard InChI is InChI=1S/C10H8Br3ClO/c11-7-5-8(12)10(9(13)6-7)15-4-2-1-3-14/h1-2,5-6H,3-4H2. The number of alkyl halides is 1. The topological polar surface area (TPSA) is 9.23 Å². The van der Waals surface area contributed by atoms with Crippen LogP contribution in [0.2, 0.25) is 0 Å². The summed E-state index contributed by atoms with van der Waals surface area (Å²) in [5.74, 6) is 1.30. The first-order valence-corrected chi connectivity index (χ1v) is 7.05. The zero-order chi connectivity index (χ0) is 11.3. The van der Waals surface area contributed by atoms with Crippen molar-refractivity contribution in [2.75, 3.05) is 12.5 Å². The van der Waals surface area contributed by atoms with Gasteiger partial charge in [-0.05, 0) is 44.0 Å². The van der Waals surface area contributed by atoms with E-state index in [1.807, 2.05) is 24.3 Å². The molecule has 15 heavy (non-hydrogen) atoms. The minimum absolute atomic E-state index is 0.506. The Bertz CT molecular complexity index is 343. The molecule has 1 rings (SSSR count). The van der Waals surface area contributed by atoms with Crippen molar-refractivity contribution in [2.45, 2.75) is 0 Å². The van der Waals surface area contributed by atoms with Gasteiger partial charge in [0.05, 0.1) is 8.95 Å². The van der Waals surface area contributed by atoms with Crippen LogP contribution in [0.1, 0.15) is 0 Å². The molecule has 0 spiro atoms. The first kappa shape index (κ1) is 13.6. The minimum Gasteiger partial charge on any atom is -0.487 e. The van der Waals surface area contributed by atoms with Gasteiger partial charge in [-0.15, -0.1) is 11.6 Å². The molecule has 0 bridgehead atoms. The lowest BCUT2D eigenvalue weighted by Crippen LogP contribution is -1.95. The molecule has 0 aliphatic carbocycles. The minimum atomic E-state index is 0.506. The Morgan fingerprint density at radius 3 is 2.27 bits per heavy atom. The third-order valence-electron chi connectivity index (χ3n) is 1.54. The van der Waals surface area contributed by atoms with Gasteiger partial charge in [-0.2, -0.15) is 0 Å². The fourth-order valence-corrected chi connectivity index (χ4v) is 3.54. The highest BCUT2D eigenvalue weighted by Crippen LogP contribution is 2.36. The SMILES string of the molecule is ClCC=CCOc1c(Br)cc(Br)cc1Br. The highest BCUT2D eigenvalue weighted by atomic mass is 79.9. The molecule has 0 fully saturated rings. The summed E-state index contributed by atoms with van der Waals surface area (Å²) in [5.41, 5.74) is 0. The Balaban J connectivity index is 2.72. The van der Waals surface area contributed by atoms with Gasteiger partial charge in [-0.25, -0.2) is 0 Å². The smallest absolute Gasteiger partial charge is 0.148 e. The summed E-state index contributed by atoms with van der Waals surface area (Å²) in [6.45, 7) is 0.506. The van der Waals surface area contributed by atoms with Crippen LogP contribution in [-0.4, -0.2) is 12.5 Å². The van der Waals surface area contributed by atoms with Crippen molar-refractivity contribution in [3.63, 3.8) is 0 Å². The van der Waals surface area contributed by atoms with Crippen molar-refractivity contribution in [2.24, 2.45) is 0 Å². The summed E-state index contributed by atoms with van der Waals surface area (Å²) in [5, 5.41) is 0. The molecule has 0 unspecified atom stereocenters. The zero-order valence-electron chi connectivity index (χ0n) is 7.64. The Kier molecular flexibility index (Phi) is 6.27. The second-order valence-electron chi connectivity index (χ2n) is 2.64. The van der Waals surface area contributed by atoms with Crippen molar-refractivity contribution < 1.29 is 4.74 Å². The van der Waals surface area contributed by atoms with E-state index in [1.165, 1.54) is 0 Å². The molecule has 0 heterocycles. The van der Waals surface area contributed by atoms with Gasteiger partial charge in [0.15, 0.2) is 0 Å². The third kappa shape index (κ3) is 4.47. The quantitative estimate of drug-likeness (QED) is 0.485. The molecule has 0 N–H and O–H groups in total. The van der Waals surface area contributed by atoms with E-state index < -0.39 is 0 Å². The first-order valence-electron chi connectivity index (χ1n) is 4.13. The lowest BCUT2D eigenvalue weighted by Gasteiger charge is -2.08. The lowest BCUT2D eigenvalue weighted by molar-refractivity contribution is 0.358. The molecule has 0 saturated carbocycles. The van der Waals surface area contributed by atoms with Crippen LogP contribution in [-0.2, 0) is 0 Å². The number of allylic oxidation sites excluding steroid dienone is 1. The Morgan fingerprint density at radius 1 is 1.13 bits per heavy atom. The summed E-state index contributed by atoms with van der Waals surface area (Å²) in [4.78, 5) is 0. The maximum Gasteiger partial charge on any atom is 0.148 e. The monoisotopic (exact) mass is 416 g/mol. The van der Waals surface area contributed by atoms with E-state index in [0.717, 1.165) is 19.2 Å². The van der Waals surface area contributed by atoms with Crippen molar-refractivity contribution >= 4 is 59.4 Å². The second-order valence-corrected chi connectivity index (χ2v) is 5.57. The highest BCUT2D eigenvalue weighted by Gasteiger charge is 2.06. The van der Waals surface area contributed by atoms with E-state index in [-0.39, 0.29) is 0 Å². The van der Waals surface area contributed by atoms with Gasteiger partial charge < -0.3 is 4.74 Å². The Morgan fingerprint density at radius 2 is 1.73 bits per heavy atom. The molecule has 0 aromatic heterocycles. The summed E-state index contributed by atoms with van der Waals surface area (Å²) >= 11 is 15.8. The fourth-order valence-electron chi connectivity index (χ4n) is 0.929. The van der Waals surface area contributed by atoms with Crippen LogP contribution >= 0.6 is 59.4 Å². The van der Waals surface area contributed by atoms with Crippen molar-refractivity contribution in [3.8, 4) is 5.75 Å². The maximum atomic E-state index is 5.56. The summed E-state index contributed by atoms with van der Waals surface area (Å²) in [6, 6.07) is 3.87. The number of rotatable bonds is 4. The molecule has 0 radical (unpaired) electrons. The number of ether oxygens (including phenoxy) is 1. The average molecular weight is 419 g/mol. The Hall–Kier alpha value is 0.490. The molecular weight excluding hydrogens is 411 g/mol. The highest BCUT2D eigenvalue weighted by molar-refractivity contribution is 9.11. The van der Waals surface area contributed by atoms with Crippen LogP contribution in [0.3, 0.4) is 0 Å². The summed E-state index contributed by atoms with van der Waals surface area (Å²) < 4.78 is 8.37. The predicted octanol–water partition coefficient (Wildman–Crippen LogP) is 5.15. The van der Waals surface area contributed by atoms with E-state index in [0.29, 0.717) is 12.5 Å². The molecule has 0 aliphatic heterocycles. The van der Waals surface area contributed by atoms with Gasteiger partial charge >= 0.3 is 0 Å². The van der Waals surface area contributed by atoms with Crippen LogP contribution in [0.25, 0.3) is 0 Å². The fraction of sp³-hybridized carbons (Fsp3) is 0.200. The van der Waals surface area contributed by atoms with Crippen LogP contribution in [0.4, 0.5) is 0 Å². The van der Waals surface area contributed by atoms with Gasteiger partial charge in [-0.3, -0.25) is 0 Å². The van der Waals surface area contributed by atoms with E-state index in [1.54, 1.807) is 0 Å². The molecule has 0 aliphatic rings. The van der Waals surface area contributed by atoms with Crippen molar-refractivity contribution in [3.05, 3.63) is 37.7 Å². The van der Waals surface area contributed by atoms with Crippen LogP contribution in [0, 0.1) is 0 Å². The van der Waals surface area contributed by atoms with Gasteiger partial charge in [0.2, 0.25) is 0 Å². The van der Waals surface area contributed by atoms with Gasteiger partial charge in [0.25, 0.3) is 0 Å². The van der Waals surface area contributed by atoms with Gasteiger partial charge in [-0.1, -0.05) is 28.1 Å². The van der Waals surface area contributed by atoms with Crippen LogP contribution < -0.4 is 4.74 Å². The second kappa shape index (κ2) is 6.94. The molecule has 5 heteroatoms. The molecule has 1 aromatic rings. The lowest BCUT2D eigenvalue weighted by atomic mass is 10.3. The van der Waals surface area contributed by atoms with E-state index in [2.05, 4.69) is 47.8 Å². The zero-order valence-corrected chi connectivity index (χ0v) is 13.2. The number of hydrogen-bond donors (Lipinski definition) is 0. The molecule has 82 valence electrons. The number of halogens is 4. The normalized spacial score (nSPS) is 10.9. The Labute approximate surface area is 119 Å². The van der Waals surface area contributed by atoms with Gasteiger partial charge in [0, 0.05) is 10.4 Å². The van der Waals surface area contributed by atoms with Gasteiger partial charge in [0.1, 0.15) is 12.4 Å². The average Bonchev–Trinajstić information content (AvgIpc) is 2.15. The summed E-state index contributed by atoms with van der Waals surface area (Å²) in [6.07, 6.45) is 3.73. The van der Waals surface area contributed by atoms with E-state index >= 15 is 0 Å². The molecule has 1 nitrogen and oxygen atoms in total. The summed E-state index contributed by atoms with van der Waals surface area (Å²) in [7, 11) is 0. The van der Waals surface area contributed by atoms with Crippen molar-refractivity contribution in [1.29, 1.82) is 0 Å². The molecule has 0 amide bonds. The first-order chi connectivity index (χ1) is 7.15. The van der Waals surface area contributed by atoms with E-state index in [9.17, 15) is 0 Å². The maximum absolute atomic E-state index is 5.56. The van der Waals surface area contributed by atoms with E-state index in [4.69, 9.17) is 16.3 Å². The number of benzene rings is 1. The molecular formula is C10H8Br3ClO. The largest absolute Gasteiger partial charge is 0.487 e. The predicted molar refractivity (Wildman–Crippen MR) is 74.9 cm³/mol.